The zero-order chi connectivity index (χ0) is 15.8. The van der Waals surface area contributed by atoms with E-state index in [4.69, 9.17) is 0 Å². The molecule has 6 heteroatoms. The largest absolute Gasteiger partial charge is 1.00 e. The fourth-order valence-electron chi connectivity index (χ4n) is 2.71. The zero-order valence-corrected chi connectivity index (χ0v) is 14.0. The maximum absolute atomic E-state index is 12.0. The van der Waals surface area contributed by atoms with Crippen molar-refractivity contribution in [2.45, 2.75) is 20.8 Å². The number of rotatable bonds is 3. The van der Waals surface area contributed by atoms with Gasteiger partial charge in [-0.25, -0.2) is 0 Å². The van der Waals surface area contributed by atoms with E-state index in [9.17, 15) is 19.1 Å². The maximum Gasteiger partial charge on any atom is 1.00 e. The second-order valence-electron chi connectivity index (χ2n) is 5.10. The van der Waals surface area contributed by atoms with Crippen LogP contribution in [0.15, 0.2) is 36.4 Å². The molecule has 2 aromatic carbocycles. The van der Waals surface area contributed by atoms with Gasteiger partial charge in [0.1, 0.15) is 0 Å². The normalized spacial score (nSPS) is 11.0. The molecule has 0 spiro atoms. The second-order valence-corrected chi connectivity index (χ2v) is 6.59. The molecular weight excluding hydrogens is 294 g/mol. The number of hydrogen-bond acceptors (Lipinski definition) is 2. The van der Waals surface area contributed by atoms with Crippen molar-refractivity contribution >= 4 is 13.1 Å². The summed E-state index contributed by atoms with van der Waals surface area (Å²) in [6, 6.07) is 11.3. The first-order chi connectivity index (χ1) is 9.73. The van der Waals surface area contributed by atoms with Crippen LogP contribution in [0.2, 0.25) is 0 Å². The van der Waals surface area contributed by atoms with Crippen molar-refractivity contribution in [3.05, 3.63) is 58.7 Å². The monoisotopic (exact) mass is 312 g/mol. The van der Waals surface area contributed by atoms with Gasteiger partial charge in [-0.05, 0) is 48.6 Å². The third kappa shape index (κ3) is 3.60. The molecule has 0 radical (unpaired) electrons. The molecule has 112 valence electrons. The van der Waals surface area contributed by atoms with Gasteiger partial charge >= 0.3 is 26.5 Å². The van der Waals surface area contributed by atoms with E-state index >= 15 is 0 Å². The summed E-state index contributed by atoms with van der Waals surface area (Å²) in [5.41, 5.74) is 2.93. The third-order valence-corrected chi connectivity index (χ3v) is 4.27. The average Bonchev–Trinajstić information content (AvgIpc) is 2.38. The van der Waals surface area contributed by atoms with Gasteiger partial charge in [0.15, 0.2) is 0 Å². The molecule has 0 heterocycles. The minimum absolute atomic E-state index is 0. The Kier molecular flexibility index (Phi) is 5.98. The van der Waals surface area contributed by atoms with Gasteiger partial charge in [-0.3, -0.25) is 9.36 Å². The predicted molar refractivity (Wildman–Crippen MR) is 83.6 cm³/mol. The first-order valence-corrected chi connectivity index (χ1v) is 8.11. The van der Waals surface area contributed by atoms with Gasteiger partial charge in [0.25, 0.3) is 5.52 Å². The van der Waals surface area contributed by atoms with Crippen LogP contribution in [-0.2, 0) is 4.57 Å². The Morgan fingerprint density at radius 2 is 1.59 bits per heavy atom. The number of carbonyl (C=O) groups is 1. The Hall–Kier alpha value is -1.14. The summed E-state index contributed by atoms with van der Waals surface area (Å²) in [4.78, 5) is 30.4. The molecule has 22 heavy (non-hydrogen) atoms. The summed E-state index contributed by atoms with van der Waals surface area (Å²) in [6.45, 7) is 5.34. The number of benzene rings is 2. The average molecular weight is 312 g/mol. The summed E-state index contributed by atoms with van der Waals surface area (Å²) in [5, 5.41) is 0. The van der Waals surface area contributed by atoms with Crippen LogP contribution in [0.4, 0.5) is 0 Å². The number of hydrogen-bond donors (Lipinski definition) is 2. The summed E-state index contributed by atoms with van der Waals surface area (Å²) in [6.07, 6.45) is 0. The minimum atomic E-state index is -4.80. The van der Waals surface area contributed by atoms with Crippen LogP contribution in [0.3, 0.4) is 0 Å². The molecule has 0 aliphatic carbocycles. The standard InChI is InChI=1S/C16H17O4P.Li.H/c1-10-9-11(2)15(16(17)21(18,19)20)12(3)14(10)13-7-5-4-6-8-13;;/h4-9H,1-3H3,(H2,18,19,20);;/q;+1;-1. The van der Waals surface area contributed by atoms with Crippen molar-refractivity contribution in [3.8, 4) is 11.1 Å². The molecule has 0 amide bonds. The SMILES string of the molecule is Cc1cc(C)c(-c2ccccc2)c(C)c1C(=O)P(=O)(O)O.[H-].[Li+]. The van der Waals surface area contributed by atoms with Crippen LogP contribution in [-0.4, -0.2) is 15.3 Å². The molecule has 2 aromatic rings. The quantitative estimate of drug-likeness (QED) is 0.647. The van der Waals surface area contributed by atoms with Crippen molar-refractivity contribution in [1.82, 2.24) is 0 Å². The molecule has 0 aliphatic heterocycles. The maximum atomic E-state index is 12.0. The molecule has 0 aliphatic rings. The van der Waals surface area contributed by atoms with E-state index in [2.05, 4.69) is 0 Å². The fourth-order valence-corrected chi connectivity index (χ4v) is 3.34. The Labute approximate surface area is 143 Å². The molecule has 0 saturated heterocycles. The van der Waals surface area contributed by atoms with Gasteiger partial charge in [-0.1, -0.05) is 36.4 Å². The van der Waals surface area contributed by atoms with E-state index < -0.39 is 13.1 Å². The minimum Gasteiger partial charge on any atom is -1.00 e. The summed E-state index contributed by atoms with van der Waals surface area (Å²) in [5.74, 6) is 0. The van der Waals surface area contributed by atoms with E-state index in [1.165, 1.54) is 0 Å². The molecule has 0 aromatic heterocycles. The molecule has 0 fully saturated rings. The molecule has 0 bridgehead atoms. The van der Waals surface area contributed by atoms with Crippen LogP contribution in [0.5, 0.6) is 0 Å². The first kappa shape index (κ1) is 18.9. The van der Waals surface area contributed by atoms with Crippen molar-refractivity contribution in [1.29, 1.82) is 0 Å². The van der Waals surface area contributed by atoms with Crippen LogP contribution in [0, 0.1) is 20.8 Å². The van der Waals surface area contributed by atoms with Crippen LogP contribution >= 0.6 is 7.60 Å². The molecular formula is C16H18LiO4P. The van der Waals surface area contributed by atoms with Gasteiger partial charge < -0.3 is 11.2 Å². The Morgan fingerprint density at radius 1 is 1.05 bits per heavy atom. The van der Waals surface area contributed by atoms with Gasteiger partial charge in [-0.15, -0.1) is 0 Å². The van der Waals surface area contributed by atoms with Crippen LogP contribution < -0.4 is 18.9 Å². The number of aryl methyl sites for hydroxylation is 2. The zero-order valence-electron chi connectivity index (χ0n) is 14.1. The molecule has 4 nitrogen and oxygen atoms in total. The van der Waals surface area contributed by atoms with E-state index in [0.29, 0.717) is 11.1 Å². The second kappa shape index (κ2) is 6.96. The smallest absolute Gasteiger partial charge is 1.00 e. The Morgan fingerprint density at radius 3 is 2.09 bits per heavy atom. The van der Waals surface area contributed by atoms with Gasteiger partial charge in [0.05, 0.1) is 0 Å². The van der Waals surface area contributed by atoms with E-state index in [1.807, 2.05) is 37.3 Å². The van der Waals surface area contributed by atoms with E-state index in [0.717, 1.165) is 16.7 Å². The molecule has 2 N–H and O–H groups in total. The van der Waals surface area contributed by atoms with Crippen molar-refractivity contribution in [2.75, 3.05) is 0 Å². The molecule has 2 rings (SSSR count). The van der Waals surface area contributed by atoms with Crippen molar-refractivity contribution in [2.24, 2.45) is 0 Å². The summed E-state index contributed by atoms with van der Waals surface area (Å²) < 4.78 is 11.3. The molecule has 0 saturated carbocycles. The topological polar surface area (TPSA) is 74.6 Å². The third-order valence-electron chi connectivity index (χ3n) is 3.51. The van der Waals surface area contributed by atoms with Crippen LogP contribution in [0.25, 0.3) is 11.1 Å². The summed E-state index contributed by atoms with van der Waals surface area (Å²) >= 11 is 0. The Bertz CT molecular complexity index is 756. The van der Waals surface area contributed by atoms with Crippen molar-refractivity contribution in [3.63, 3.8) is 0 Å². The summed E-state index contributed by atoms with van der Waals surface area (Å²) in [7, 11) is -4.80. The number of carbonyl (C=O) groups excluding carboxylic acids is 1. The van der Waals surface area contributed by atoms with Crippen LogP contribution in [0.1, 0.15) is 28.5 Å². The first-order valence-electron chi connectivity index (χ1n) is 6.50. The fraction of sp³-hybridized carbons (Fsp3) is 0.188. The Balaban J connectivity index is 0.00000242. The van der Waals surface area contributed by atoms with Gasteiger partial charge in [0, 0.05) is 5.56 Å². The van der Waals surface area contributed by atoms with Gasteiger partial charge in [-0.2, -0.15) is 0 Å². The molecule has 0 atom stereocenters. The van der Waals surface area contributed by atoms with Gasteiger partial charge in [0.2, 0.25) is 0 Å². The van der Waals surface area contributed by atoms with E-state index in [-0.39, 0.29) is 25.9 Å². The molecule has 0 unspecified atom stereocenters. The van der Waals surface area contributed by atoms with E-state index in [1.54, 1.807) is 19.9 Å². The predicted octanol–water partition coefficient (Wildman–Crippen LogP) is 0.713. The van der Waals surface area contributed by atoms with Crippen molar-refractivity contribution < 1.29 is 39.4 Å².